The van der Waals surface area contributed by atoms with Crippen molar-refractivity contribution >= 4 is 34.5 Å². The number of H-pyrrole nitrogens is 1. The molecule has 8 nitrogen and oxygen atoms in total. The summed E-state index contributed by atoms with van der Waals surface area (Å²) in [6.45, 7) is 3.39. The summed E-state index contributed by atoms with van der Waals surface area (Å²) in [5, 5.41) is 12.1. The molecule has 9 heteroatoms. The summed E-state index contributed by atoms with van der Waals surface area (Å²) in [6.07, 6.45) is 2.09. The van der Waals surface area contributed by atoms with Crippen molar-refractivity contribution in [3.05, 3.63) is 45.1 Å². The van der Waals surface area contributed by atoms with Crippen LogP contribution in [0.15, 0.2) is 33.9 Å². The Morgan fingerprint density at radius 3 is 2.52 bits per heavy atom. The summed E-state index contributed by atoms with van der Waals surface area (Å²) in [5.41, 5.74) is -0.905. The number of hydrogen-bond donors (Lipinski definition) is 3. The molecular weight excluding hydrogens is 370 g/mol. The molecule has 0 fully saturated rings. The molecule has 0 aliphatic carbocycles. The van der Waals surface area contributed by atoms with Crippen LogP contribution in [0.5, 0.6) is 0 Å². The third-order valence-electron chi connectivity index (χ3n) is 4.24. The van der Waals surface area contributed by atoms with Crippen LogP contribution < -0.4 is 16.6 Å². The van der Waals surface area contributed by atoms with Crippen LogP contribution in [-0.4, -0.2) is 44.6 Å². The minimum absolute atomic E-state index is 0.246. The van der Waals surface area contributed by atoms with Crippen LogP contribution in [-0.2, 0) is 9.59 Å². The summed E-state index contributed by atoms with van der Waals surface area (Å²) in [5.74, 6) is -1.67. The van der Waals surface area contributed by atoms with Gasteiger partial charge in [0.1, 0.15) is 12.1 Å². The number of carbonyl (C=O) groups is 2. The Kier molecular flexibility index (Phi) is 6.84. The fourth-order valence-corrected chi connectivity index (χ4v) is 3.37. The third-order valence-corrected chi connectivity index (χ3v) is 4.88. The summed E-state index contributed by atoms with van der Waals surface area (Å²) >= 11 is 1.47. The van der Waals surface area contributed by atoms with E-state index in [1.165, 1.54) is 11.8 Å². The second kappa shape index (κ2) is 8.90. The number of aliphatic carboxylic acids is 1. The Balaban J connectivity index is 2.47. The molecule has 1 heterocycles. The number of carboxylic acids is 1. The van der Waals surface area contributed by atoms with Crippen LogP contribution in [0, 0.1) is 5.92 Å². The molecule has 0 saturated carbocycles. The molecule has 2 atom stereocenters. The molecule has 2 rings (SSSR count). The van der Waals surface area contributed by atoms with Gasteiger partial charge in [0.05, 0.1) is 10.9 Å². The number of nitrogens with zero attached hydrogens (tertiary/aromatic N) is 1. The number of aromatic amines is 1. The van der Waals surface area contributed by atoms with Gasteiger partial charge in [-0.15, -0.1) is 0 Å². The molecule has 1 aromatic heterocycles. The Hall–Kier alpha value is -2.55. The molecular formula is C18H23N3O5S. The Morgan fingerprint density at radius 1 is 1.26 bits per heavy atom. The van der Waals surface area contributed by atoms with Gasteiger partial charge in [-0.05, 0) is 36.5 Å². The van der Waals surface area contributed by atoms with E-state index in [1.807, 2.05) is 6.26 Å². The average molecular weight is 393 g/mol. The van der Waals surface area contributed by atoms with E-state index < -0.39 is 41.1 Å². The summed E-state index contributed by atoms with van der Waals surface area (Å²) < 4.78 is 0.871. The van der Waals surface area contributed by atoms with Crippen LogP contribution >= 0.6 is 11.8 Å². The van der Waals surface area contributed by atoms with E-state index >= 15 is 0 Å². The maximum absolute atomic E-state index is 12.8. The zero-order valence-corrected chi connectivity index (χ0v) is 16.2. The van der Waals surface area contributed by atoms with Gasteiger partial charge in [0.2, 0.25) is 5.91 Å². The van der Waals surface area contributed by atoms with Gasteiger partial charge >= 0.3 is 11.7 Å². The Morgan fingerprint density at radius 2 is 1.93 bits per heavy atom. The first kappa shape index (κ1) is 20.8. The SMILES string of the molecule is CSCCC(NC(=O)C(C(C)C)n1c(=O)[nH]c2ccccc2c1=O)C(=O)O. The van der Waals surface area contributed by atoms with Gasteiger partial charge in [-0.1, -0.05) is 26.0 Å². The molecule has 3 N–H and O–H groups in total. The van der Waals surface area contributed by atoms with E-state index in [0.717, 1.165) is 4.57 Å². The second-order valence-corrected chi connectivity index (χ2v) is 7.51. The smallest absolute Gasteiger partial charge is 0.329 e. The van der Waals surface area contributed by atoms with Crippen LogP contribution in [0.25, 0.3) is 10.9 Å². The largest absolute Gasteiger partial charge is 0.480 e. The molecule has 0 aliphatic rings. The Labute approximate surface area is 160 Å². The molecule has 0 saturated heterocycles. The van der Waals surface area contributed by atoms with Crippen molar-refractivity contribution in [2.75, 3.05) is 12.0 Å². The van der Waals surface area contributed by atoms with Crippen molar-refractivity contribution in [3.8, 4) is 0 Å². The highest BCUT2D eigenvalue weighted by Crippen LogP contribution is 2.16. The fraction of sp³-hybridized carbons (Fsp3) is 0.444. The standard InChI is InChI=1S/C18H23N3O5S/c1-10(2)14(15(22)19-13(17(24)25)8-9-27-3)21-16(23)11-6-4-5-7-12(11)20-18(21)26/h4-7,10,13-14H,8-9H2,1-3H3,(H,19,22)(H,20,26)(H,24,25). The highest BCUT2D eigenvalue weighted by atomic mass is 32.2. The highest BCUT2D eigenvalue weighted by Gasteiger charge is 2.31. The maximum Gasteiger partial charge on any atom is 0.329 e. The van der Waals surface area contributed by atoms with Crippen LogP contribution in [0.3, 0.4) is 0 Å². The topological polar surface area (TPSA) is 121 Å². The van der Waals surface area contributed by atoms with Gasteiger partial charge in [-0.25, -0.2) is 14.2 Å². The zero-order chi connectivity index (χ0) is 20.1. The van der Waals surface area contributed by atoms with E-state index in [4.69, 9.17) is 0 Å². The van der Waals surface area contributed by atoms with Crippen LogP contribution in [0.1, 0.15) is 26.3 Å². The number of fused-ring (bicyclic) bond motifs is 1. The molecule has 146 valence electrons. The van der Waals surface area contributed by atoms with Crippen molar-refractivity contribution in [1.29, 1.82) is 0 Å². The van der Waals surface area contributed by atoms with Crippen molar-refractivity contribution in [3.63, 3.8) is 0 Å². The molecule has 1 amide bonds. The van der Waals surface area contributed by atoms with Gasteiger partial charge in [0.15, 0.2) is 0 Å². The van der Waals surface area contributed by atoms with Gasteiger partial charge < -0.3 is 15.4 Å². The number of rotatable bonds is 8. The van der Waals surface area contributed by atoms with E-state index in [0.29, 0.717) is 11.3 Å². The number of nitrogens with one attached hydrogen (secondary N) is 2. The molecule has 0 radical (unpaired) electrons. The highest BCUT2D eigenvalue weighted by molar-refractivity contribution is 7.98. The lowest BCUT2D eigenvalue weighted by atomic mass is 10.0. The van der Waals surface area contributed by atoms with E-state index in [1.54, 1.807) is 38.1 Å². The van der Waals surface area contributed by atoms with Gasteiger partial charge in [-0.3, -0.25) is 9.59 Å². The number of para-hydroxylation sites is 1. The first-order valence-corrected chi connectivity index (χ1v) is 9.93. The lowest BCUT2D eigenvalue weighted by Gasteiger charge is -2.24. The van der Waals surface area contributed by atoms with Crippen LogP contribution in [0.4, 0.5) is 0 Å². The first-order valence-electron chi connectivity index (χ1n) is 8.53. The predicted octanol–water partition coefficient (Wildman–Crippen LogP) is 1.21. The average Bonchev–Trinajstić information content (AvgIpc) is 2.61. The molecule has 2 unspecified atom stereocenters. The number of amides is 1. The van der Waals surface area contributed by atoms with Crippen LogP contribution in [0.2, 0.25) is 0 Å². The molecule has 0 bridgehead atoms. The normalized spacial score (nSPS) is 13.5. The summed E-state index contributed by atoms with van der Waals surface area (Å²) in [6, 6.07) is 4.33. The minimum atomic E-state index is -1.15. The lowest BCUT2D eigenvalue weighted by Crippen LogP contribution is -2.50. The maximum atomic E-state index is 12.8. The predicted molar refractivity (Wildman–Crippen MR) is 105 cm³/mol. The molecule has 27 heavy (non-hydrogen) atoms. The first-order chi connectivity index (χ1) is 12.8. The fourth-order valence-electron chi connectivity index (χ4n) is 2.90. The number of thioether (sulfide) groups is 1. The lowest BCUT2D eigenvalue weighted by molar-refractivity contribution is -0.142. The molecule has 2 aromatic rings. The number of aromatic nitrogens is 2. The van der Waals surface area contributed by atoms with E-state index in [9.17, 15) is 24.3 Å². The summed E-state index contributed by atoms with van der Waals surface area (Å²) in [4.78, 5) is 52.2. The van der Waals surface area contributed by atoms with E-state index in [2.05, 4.69) is 10.3 Å². The number of benzene rings is 1. The third kappa shape index (κ3) is 4.60. The van der Waals surface area contributed by atoms with E-state index in [-0.39, 0.29) is 11.8 Å². The number of hydrogen-bond acceptors (Lipinski definition) is 5. The molecule has 0 aliphatic heterocycles. The van der Waals surface area contributed by atoms with Crippen molar-refractivity contribution in [2.24, 2.45) is 5.92 Å². The second-order valence-electron chi connectivity index (χ2n) is 6.52. The zero-order valence-electron chi connectivity index (χ0n) is 15.4. The quantitative estimate of drug-likeness (QED) is 0.620. The van der Waals surface area contributed by atoms with Gasteiger partial charge in [0, 0.05) is 0 Å². The monoisotopic (exact) mass is 393 g/mol. The minimum Gasteiger partial charge on any atom is -0.480 e. The molecule has 0 spiro atoms. The van der Waals surface area contributed by atoms with Crippen molar-refractivity contribution in [2.45, 2.75) is 32.4 Å². The Bertz CT molecular complexity index is 950. The summed E-state index contributed by atoms with van der Waals surface area (Å²) in [7, 11) is 0. The van der Waals surface area contributed by atoms with Gasteiger partial charge in [-0.2, -0.15) is 11.8 Å². The van der Waals surface area contributed by atoms with Gasteiger partial charge in [0.25, 0.3) is 5.56 Å². The van der Waals surface area contributed by atoms with Crippen molar-refractivity contribution in [1.82, 2.24) is 14.9 Å². The number of carboxylic acid groups (broad SMARTS) is 1. The number of carbonyl (C=O) groups excluding carboxylic acids is 1. The van der Waals surface area contributed by atoms with Crippen molar-refractivity contribution < 1.29 is 14.7 Å². The molecule has 1 aromatic carbocycles.